The summed E-state index contributed by atoms with van der Waals surface area (Å²) in [4.78, 5) is 23.8. The lowest BCUT2D eigenvalue weighted by molar-refractivity contribution is -0.0870. The van der Waals surface area contributed by atoms with Crippen molar-refractivity contribution in [2.75, 3.05) is 0 Å². The van der Waals surface area contributed by atoms with Crippen LogP contribution in [0.4, 0.5) is 9.18 Å². The van der Waals surface area contributed by atoms with Crippen LogP contribution in [0.1, 0.15) is 102 Å². The van der Waals surface area contributed by atoms with Crippen molar-refractivity contribution in [1.29, 1.82) is 0 Å². The van der Waals surface area contributed by atoms with E-state index in [9.17, 15) is 14.0 Å². The molecule has 0 aliphatic heterocycles. The van der Waals surface area contributed by atoms with Gasteiger partial charge in [0.15, 0.2) is 0 Å². The minimum atomic E-state index is -1.09. The van der Waals surface area contributed by atoms with Crippen LogP contribution < -0.4 is 0 Å². The lowest BCUT2D eigenvalue weighted by atomic mass is 10.1. The number of rotatable bonds is 16. The zero-order chi connectivity index (χ0) is 23.1. The summed E-state index contributed by atoms with van der Waals surface area (Å²) in [7, 11) is 0. The summed E-state index contributed by atoms with van der Waals surface area (Å²) in [5, 5.41) is 0. The van der Waals surface area contributed by atoms with Crippen LogP contribution in [0, 0.1) is 0 Å². The molecule has 0 saturated carbocycles. The lowest BCUT2D eigenvalue weighted by Gasteiger charge is -2.16. The van der Waals surface area contributed by atoms with E-state index in [0.717, 1.165) is 12.8 Å². The molecule has 6 nitrogen and oxygen atoms in total. The molecule has 0 spiro atoms. The largest absolute Gasteiger partial charge is 0.511 e. The van der Waals surface area contributed by atoms with Gasteiger partial charge in [-0.1, -0.05) is 58.3 Å². The van der Waals surface area contributed by atoms with Crippen LogP contribution in [-0.4, -0.2) is 35.3 Å². The molecular weight excluding hydrogens is 401 g/mol. The first-order valence-corrected chi connectivity index (χ1v) is 11.7. The average Bonchev–Trinajstić information content (AvgIpc) is 3.16. The Morgan fingerprint density at radius 1 is 0.935 bits per heavy atom. The van der Waals surface area contributed by atoms with Crippen LogP contribution >= 0.6 is 0 Å². The zero-order valence-electron chi connectivity index (χ0n) is 19.6. The first-order valence-electron chi connectivity index (χ1n) is 11.7. The van der Waals surface area contributed by atoms with Gasteiger partial charge in [-0.25, -0.2) is 14.0 Å². The third kappa shape index (κ3) is 12.4. The van der Waals surface area contributed by atoms with E-state index in [1.54, 1.807) is 36.7 Å². The summed E-state index contributed by atoms with van der Waals surface area (Å²) in [6.45, 7) is 7.42. The number of alkyl halides is 1. The number of carbonyl (C=O) groups excluding carboxylic acids is 2. The minimum absolute atomic E-state index is 0.298. The van der Waals surface area contributed by atoms with Gasteiger partial charge in [0.2, 0.25) is 6.29 Å². The second-order valence-electron chi connectivity index (χ2n) is 8.24. The van der Waals surface area contributed by atoms with Gasteiger partial charge in [0, 0.05) is 19.7 Å². The molecule has 2 unspecified atom stereocenters. The van der Waals surface area contributed by atoms with Crippen molar-refractivity contribution in [3.63, 3.8) is 0 Å². The van der Waals surface area contributed by atoms with Crippen molar-refractivity contribution in [2.24, 2.45) is 0 Å². The molecule has 0 N–H and O–H groups in total. The lowest BCUT2D eigenvalue weighted by Crippen LogP contribution is -2.25. The highest BCUT2D eigenvalue weighted by molar-refractivity contribution is 5.87. The van der Waals surface area contributed by atoms with E-state index in [4.69, 9.17) is 14.2 Å². The van der Waals surface area contributed by atoms with E-state index in [1.807, 2.05) is 0 Å². The molecule has 0 bridgehead atoms. The van der Waals surface area contributed by atoms with Gasteiger partial charge in [-0.2, -0.15) is 0 Å². The summed E-state index contributed by atoms with van der Waals surface area (Å²) in [6, 6.07) is 3.31. The molecule has 2 atom stereocenters. The van der Waals surface area contributed by atoms with Gasteiger partial charge in [-0.3, -0.25) is 0 Å². The van der Waals surface area contributed by atoms with E-state index in [2.05, 4.69) is 6.92 Å². The van der Waals surface area contributed by atoms with Gasteiger partial charge >= 0.3 is 12.1 Å². The number of nitrogens with zero attached hydrogens (tertiary/aromatic N) is 1. The SMILES string of the molecule is CCCCCCCCCCC(F)CCn1cccc1C(=O)OC(C)OC(=O)OC(C)C. The van der Waals surface area contributed by atoms with Gasteiger partial charge in [0.05, 0.1) is 6.10 Å². The molecule has 0 fully saturated rings. The summed E-state index contributed by atoms with van der Waals surface area (Å²) < 4.78 is 30.8. The molecule has 0 aliphatic rings. The Labute approximate surface area is 186 Å². The third-order valence-electron chi connectivity index (χ3n) is 4.96. The predicted molar refractivity (Wildman–Crippen MR) is 119 cm³/mol. The Morgan fingerprint density at radius 3 is 2.23 bits per heavy atom. The highest BCUT2D eigenvalue weighted by Crippen LogP contribution is 2.16. The monoisotopic (exact) mass is 441 g/mol. The van der Waals surface area contributed by atoms with Crippen LogP contribution in [0.25, 0.3) is 0 Å². The summed E-state index contributed by atoms with van der Waals surface area (Å²) in [6.07, 6.45) is 8.95. The fraction of sp³-hybridized carbons (Fsp3) is 0.750. The van der Waals surface area contributed by atoms with E-state index in [-0.39, 0.29) is 6.10 Å². The van der Waals surface area contributed by atoms with Crippen molar-refractivity contribution < 1.29 is 28.2 Å². The average molecular weight is 442 g/mol. The van der Waals surface area contributed by atoms with E-state index < -0.39 is 24.6 Å². The van der Waals surface area contributed by atoms with Crippen LogP contribution in [0.2, 0.25) is 0 Å². The molecule has 0 aromatic carbocycles. The van der Waals surface area contributed by atoms with E-state index >= 15 is 0 Å². The van der Waals surface area contributed by atoms with Gasteiger partial charge in [-0.15, -0.1) is 0 Å². The summed E-state index contributed by atoms with van der Waals surface area (Å²) in [5.41, 5.74) is 0.298. The maximum atomic E-state index is 14.3. The Bertz CT molecular complexity index is 631. The summed E-state index contributed by atoms with van der Waals surface area (Å²) >= 11 is 0. The number of ether oxygens (including phenoxy) is 3. The molecule has 1 rings (SSSR count). The Kier molecular flexibility index (Phi) is 13.7. The van der Waals surface area contributed by atoms with Crippen molar-refractivity contribution in [1.82, 2.24) is 4.57 Å². The van der Waals surface area contributed by atoms with Crippen molar-refractivity contribution in [3.8, 4) is 0 Å². The van der Waals surface area contributed by atoms with Gasteiger partial charge in [-0.05, 0) is 38.8 Å². The number of aromatic nitrogens is 1. The van der Waals surface area contributed by atoms with E-state index in [1.165, 1.54) is 45.4 Å². The first kappa shape index (κ1) is 27.0. The molecule has 7 heteroatoms. The Morgan fingerprint density at radius 2 is 1.58 bits per heavy atom. The number of halogens is 1. The number of hydrogen-bond donors (Lipinski definition) is 0. The standard InChI is InChI=1S/C24H40FNO5/c1-5-6-7-8-9-10-11-12-14-21(25)16-18-26-17-13-15-22(26)23(27)30-20(4)31-24(28)29-19(2)3/h13,15,17,19-21H,5-12,14,16,18H2,1-4H3. The molecule has 0 aliphatic carbocycles. The molecule has 1 heterocycles. The molecule has 1 aromatic heterocycles. The molecule has 1 aromatic rings. The quantitative estimate of drug-likeness (QED) is 0.160. The van der Waals surface area contributed by atoms with Gasteiger partial charge in [0.1, 0.15) is 11.9 Å². The number of carbonyl (C=O) groups is 2. The Hall–Kier alpha value is -2.05. The molecular formula is C24H40FNO5. The van der Waals surface area contributed by atoms with Crippen LogP contribution in [0.15, 0.2) is 18.3 Å². The van der Waals surface area contributed by atoms with Crippen molar-refractivity contribution in [3.05, 3.63) is 24.0 Å². The number of aryl methyl sites for hydroxylation is 1. The maximum absolute atomic E-state index is 14.3. The highest BCUT2D eigenvalue weighted by atomic mass is 19.1. The van der Waals surface area contributed by atoms with Crippen molar-refractivity contribution in [2.45, 2.75) is 117 Å². The smallest absolute Gasteiger partial charge is 0.431 e. The predicted octanol–water partition coefficient (Wildman–Crippen LogP) is 6.81. The fourth-order valence-electron chi connectivity index (χ4n) is 3.31. The second-order valence-corrected chi connectivity index (χ2v) is 8.24. The van der Waals surface area contributed by atoms with Gasteiger partial charge in [0.25, 0.3) is 0 Å². The molecule has 31 heavy (non-hydrogen) atoms. The topological polar surface area (TPSA) is 66.8 Å². The number of hydrogen-bond acceptors (Lipinski definition) is 5. The van der Waals surface area contributed by atoms with Crippen molar-refractivity contribution >= 4 is 12.1 Å². The molecule has 0 saturated heterocycles. The number of unbranched alkanes of at least 4 members (excludes halogenated alkanes) is 7. The molecule has 0 amide bonds. The molecule has 178 valence electrons. The third-order valence-corrected chi connectivity index (χ3v) is 4.96. The second kappa shape index (κ2) is 15.7. The molecule has 0 radical (unpaired) electrons. The maximum Gasteiger partial charge on any atom is 0.511 e. The first-order chi connectivity index (χ1) is 14.8. The fourth-order valence-corrected chi connectivity index (χ4v) is 3.31. The minimum Gasteiger partial charge on any atom is -0.431 e. The number of esters is 1. The summed E-state index contributed by atoms with van der Waals surface area (Å²) in [5.74, 6) is -0.631. The Balaban J connectivity index is 2.29. The van der Waals surface area contributed by atoms with Crippen LogP contribution in [0.5, 0.6) is 0 Å². The normalized spacial score (nSPS) is 13.1. The highest BCUT2D eigenvalue weighted by Gasteiger charge is 2.20. The van der Waals surface area contributed by atoms with Crippen LogP contribution in [0.3, 0.4) is 0 Å². The van der Waals surface area contributed by atoms with Crippen LogP contribution in [-0.2, 0) is 20.8 Å². The van der Waals surface area contributed by atoms with Gasteiger partial charge < -0.3 is 18.8 Å². The van der Waals surface area contributed by atoms with E-state index in [0.29, 0.717) is 25.1 Å². The zero-order valence-corrected chi connectivity index (χ0v) is 19.6.